The molecule has 172 valence electrons. The molecule has 0 aromatic heterocycles. The minimum absolute atomic E-state index is 0.130. The van der Waals surface area contributed by atoms with Crippen molar-refractivity contribution in [3.05, 3.63) is 105 Å². The number of carbonyl (C=O) groups is 1. The summed E-state index contributed by atoms with van der Waals surface area (Å²) in [6.07, 6.45) is 0. The highest BCUT2D eigenvalue weighted by Crippen LogP contribution is 2.20. The fraction of sp³-hybridized carbons (Fsp3) is 0.174. The van der Waals surface area contributed by atoms with Gasteiger partial charge < -0.3 is 9.08 Å². The van der Waals surface area contributed by atoms with Gasteiger partial charge in [-0.25, -0.2) is 4.39 Å². The second kappa shape index (κ2) is 10.2. The van der Waals surface area contributed by atoms with Gasteiger partial charge in [0.15, 0.2) is 0 Å². The second-order valence-electron chi connectivity index (χ2n) is 7.17. The van der Waals surface area contributed by atoms with Crippen molar-refractivity contribution in [3.63, 3.8) is 0 Å². The van der Waals surface area contributed by atoms with Crippen LogP contribution in [0.4, 0.5) is 10.1 Å². The van der Waals surface area contributed by atoms with Gasteiger partial charge in [-0.1, -0.05) is 24.3 Å². The molecule has 0 saturated heterocycles. The summed E-state index contributed by atoms with van der Waals surface area (Å²) in [6, 6.07) is 17.3. The molecule has 0 fully saturated rings. The van der Waals surface area contributed by atoms with Gasteiger partial charge in [0.05, 0.1) is 10.7 Å². The van der Waals surface area contributed by atoms with Gasteiger partial charge in [0.2, 0.25) is 0 Å². The maximum absolute atomic E-state index is 13.3. The summed E-state index contributed by atoms with van der Waals surface area (Å²) in [5, 5.41) is 10.9. The van der Waals surface area contributed by atoms with Crippen LogP contribution in [0.2, 0.25) is 0 Å². The third-order valence-electron chi connectivity index (χ3n) is 4.77. The number of carbonyl (C=O) groups excluding carboxylic acids is 1. The Labute approximate surface area is 190 Å². The molecule has 0 atom stereocenters. The van der Waals surface area contributed by atoms with E-state index in [4.69, 9.17) is 4.18 Å². The highest BCUT2D eigenvalue weighted by Gasteiger charge is 2.18. The molecule has 0 saturated carbocycles. The number of hydrogen-bond donors (Lipinski definition) is 0. The van der Waals surface area contributed by atoms with Crippen molar-refractivity contribution in [2.75, 3.05) is 5.75 Å². The number of halogens is 1. The molecule has 1 amide bonds. The predicted octanol–water partition coefficient (Wildman–Crippen LogP) is 4.31. The van der Waals surface area contributed by atoms with E-state index in [2.05, 4.69) is 0 Å². The van der Waals surface area contributed by atoms with Crippen LogP contribution in [0.5, 0.6) is 5.75 Å². The molecule has 10 heteroatoms. The van der Waals surface area contributed by atoms with Crippen LogP contribution in [0.1, 0.15) is 28.4 Å². The quantitative estimate of drug-likeness (QED) is 0.261. The second-order valence-corrected chi connectivity index (χ2v) is 9.02. The largest absolute Gasteiger partial charge is 0.382 e. The lowest BCUT2D eigenvalue weighted by Crippen LogP contribution is -2.30. The molecular weight excluding hydrogens is 451 g/mol. The third kappa shape index (κ3) is 6.59. The van der Waals surface area contributed by atoms with E-state index in [1.807, 2.05) is 0 Å². The Hall–Kier alpha value is -3.79. The van der Waals surface area contributed by atoms with Crippen molar-refractivity contribution in [1.82, 2.24) is 4.90 Å². The molecule has 0 spiro atoms. The fourth-order valence-corrected chi connectivity index (χ4v) is 3.52. The molecule has 0 heterocycles. The molecule has 0 N–H and O–H groups in total. The number of nitro benzene ring substituents is 1. The van der Waals surface area contributed by atoms with Crippen LogP contribution in [0.25, 0.3) is 0 Å². The summed E-state index contributed by atoms with van der Waals surface area (Å²) in [5.74, 6) is -0.774. The summed E-state index contributed by atoms with van der Waals surface area (Å²) >= 11 is 0. The molecule has 8 nitrogen and oxygen atoms in total. The van der Waals surface area contributed by atoms with E-state index >= 15 is 0 Å². The van der Waals surface area contributed by atoms with Crippen LogP contribution in [-0.4, -0.2) is 29.9 Å². The summed E-state index contributed by atoms with van der Waals surface area (Å²) < 4.78 is 41.5. The third-order valence-corrected chi connectivity index (χ3v) is 5.93. The highest BCUT2D eigenvalue weighted by molar-refractivity contribution is 7.87. The van der Waals surface area contributed by atoms with Crippen LogP contribution in [0, 0.1) is 15.9 Å². The van der Waals surface area contributed by atoms with E-state index in [0.29, 0.717) is 11.1 Å². The Morgan fingerprint density at radius 2 is 1.45 bits per heavy atom. The number of rotatable bonds is 9. The van der Waals surface area contributed by atoms with Gasteiger partial charge >= 0.3 is 10.1 Å². The zero-order valence-corrected chi connectivity index (χ0v) is 18.5. The molecule has 33 heavy (non-hydrogen) atoms. The van der Waals surface area contributed by atoms with E-state index in [1.165, 1.54) is 60.4 Å². The van der Waals surface area contributed by atoms with Crippen LogP contribution in [0.15, 0.2) is 72.8 Å². The SMILES string of the molecule is CCS(=O)(=O)Oc1ccc(CN(Cc2ccc(F)cc2)C(=O)c2ccc([N+](=O)[O-])cc2)cc1. The van der Waals surface area contributed by atoms with Gasteiger partial charge in [-0.3, -0.25) is 14.9 Å². The van der Waals surface area contributed by atoms with Crippen molar-refractivity contribution >= 4 is 21.7 Å². The molecular formula is C23H21FN2O6S. The maximum Gasteiger partial charge on any atom is 0.308 e. The maximum atomic E-state index is 13.3. The smallest absolute Gasteiger partial charge is 0.308 e. The Kier molecular flexibility index (Phi) is 7.39. The molecule has 0 aliphatic rings. The van der Waals surface area contributed by atoms with Gasteiger partial charge in [0.1, 0.15) is 11.6 Å². The number of nitro groups is 1. The normalized spacial score (nSPS) is 11.1. The monoisotopic (exact) mass is 472 g/mol. The Bertz CT molecular complexity index is 1230. The number of nitrogens with zero attached hydrogens (tertiary/aromatic N) is 2. The van der Waals surface area contributed by atoms with Crippen molar-refractivity contribution < 1.29 is 26.7 Å². The first-order valence-corrected chi connectivity index (χ1v) is 11.5. The Morgan fingerprint density at radius 3 is 1.94 bits per heavy atom. The summed E-state index contributed by atoms with van der Waals surface area (Å²) in [6.45, 7) is 1.80. The predicted molar refractivity (Wildman–Crippen MR) is 120 cm³/mol. The molecule has 3 aromatic rings. The molecule has 3 aromatic carbocycles. The Balaban J connectivity index is 1.84. The molecule has 0 aliphatic carbocycles. The first-order chi connectivity index (χ1) is 15.7. The van der Waals surface area contributed by atoms with Gasteiger partial charge in [0.25, 0.3) is 11.6 Å². The first-order valence-electron chi connectivity index (χ1n) is 9.96. The average Bonchev–Trinajstić information content (AvgIpc) is 2.80. The van der Waals surface area contributed by atoms with Crippen LogP contribution >= 0.6 is 0 Å². The number of non-ortho nitro benzene ring substituents is 1. The first kappa shape index (κ1) is 23.9. The van der Waals surface area contributed by atoms with Crippen LogP contribution < -0.4 is 4.18 Å². The van der Waals surface area contributed by atoms with E-state index in [0.717, 1.165) is 0 Å². The van der Waals surface area contributed by atoms with Crippen molar-refractivity contribution in [2.24, 2.45) is 0 Å². The van der Waals surface area contributed by atoms with Crippen molar-refractivity contribution in [3.8, 4) is 5.75 Å². The zero-order chi connectivity index (χ0) is 24.0. The lowest BCUT2D eigenvalue weighted by molar-refractivity contribution is -0.384. The topological polar surface area (TPSA) is 107 Å². The fourth-order valence-electron chi connectivity index (χ4n) is 2.99. The van der Waals surface area contributed by atoms with Gasteiger partial charge in [-0.2, -0.15) is 8.42 Å². The summed E-state index contributed by atoms with van der Waals surface area (Å²) in [5.41, 5.74) is 1.53. The number of hydrogen-bond acceptors (Lipinski definition) is 6. The molecule has 3 rings (SSSR count). The minimum atomic E-state index is -3.65. The van der Waals surface area contributed by atoms with E-state index in [-0.39, 0.29) is 41.7 Å². The van der Waals surface area contributed by atoms with E-state index in [1.54, 1.807) is 24.3 Å². The van der Waals surface area contributed by atoms with Crippen LogP contribution in [0.3, 0.4) is 0 Å². The molecule has 0 bridgehead atoms. The van der Waals surface area contributed by atoms with E-state index in [9.17, 15) is 27.7 Å². The summed E-state index contributed by atoms with van der Waals surface area (Å²) in [4.78, 5) is 25.0. The standard InChI is InChI=1S/C23H21FN2O6S/c1-2-33(30,31)32-22-13-5-18(6-14-22)16-25(15-17-3-9-20(24)10-4-17)23(27)19-7-11-21(12-8-19)26(28)29/h3-14H,2,15-16H2,1H3. The number of benzene rings is 3. The molecule has 0 unspecified atom stereocenters. The molecule has 0 aliphatic heterocycles. The average molecular weight is 472 g/mol. The molecule has 0 radical (unpaired) electrons. The zero-order valence-electron chi connectivity index (χ0n) is 17.7. The van der Waals surface area contributed by atoms with Crippen LogP contribution in [-0.2, 0) is 23.2 Å². The minimum Gasteiger partial charge on any atom is -0.382 e. The number of amides is 1. The Morgan fingerprint density at radius 1 is 0.939 bits per heavy atom. The lowest BCUT2D eigenvalue weighted by atomic mass is 10.1. The van der Waals surface area contributed by atoms with E-state index < -0.39 is 20.9 Å². The van der Waals surface area contributed by atoms with Crippen molar-refractivity contribution in [1.29, 1.82) is 0 Å². The highest BCUT2D eigenvalue weighted by atomic mass is 32.2. The lowest BCUT2D eigenvalue weighted by Gasteiger charge is -2.23. The van der Waals surface area contributed by atoms with Gasteiger partial charge in [0, 0.05) is 30.8 Å². The van der Waals surface area contributed by atoms with Gasteiger partial charge in [-0.15, -0.1) is 0 Å². The van der Waals surface area contributed by atoms with Crippen molar-refractivity contribution in [2.45, 2.75) is 20.0 Å². The van der Waals surface area contributed by atoms with Gasteiger partial charge in [-0.05, 0) is 54.4 Å². The summed E-state index contributed by atoms with van der Waals surface area (Å²) in [7, 11) is -3.65.